The number of fused-ring (bicyclic) bond motifs is 1. The van der Waals surface area contributed by atoms with Crippen molar-refractivity contribution in [2.24, 2.45) is 0 Å². The highest BCUT2D eigenvalue weighted by atomic mass is 127. The van der Waals surface area contributed by atoms with Crippen molar-refractivity contribution in [2.45, 2.75) is 13.0 Å². The van der Waals surface area contributed by atoms with Crippen LogP contribution in [0.15, 0.2) is 18.2 Å². The molecule has 1 aromatic rings. The van der Waals surface area contributed by atoms with Gasteiger partial charge in [0.2, 0.25) is 0 Å². The Bertz CT molecular complexity index is 270. The van der Waals surface area contributed by atoms with Crippen LogP contribution in [0.3, 0.4) is 0 Å². The minimum atomic E-state index is 0.923. The number of rotatable bonds is 0. The molecule has 0 aliphatic carbocycles. The summed E-state index contributed by atoms with van der Waals surface area (Å²) in [4.78, 5) is 0. The highest BCUT2D eigenvalue weighted by molar-refractivity contribution is 14.1. The number of halogens is 1. The topological polar surface area (TPSA) is 14.1 Å². The van der Waals surface area contributed by atoms with Gasteiger partial charge in [0.05, 0.1) is 0 Å². The summed E-state index contributed by atoms with van der Waals surface area (Å²) >= 11 is 2.34. The molecule has 1 aromatic carbocycles. The average molecular weight is 258 g/mol. The van der Waals surface area contributed by atoms with E-state index in [9.17, 15) is 0 Å². The Balaban J connectivity index is 2.43. The van der Waals surface area contributed by atoms with Gasteiger partial charge in [-0.25, -0.2) is 5.32 Å². The minimum absolute atomic E-state index is 0.923. The van der Waals surface area contributed by atoms with Crippen LogP contribution in [0, 0.1) is 3.57 Å². The molecule has 57 valence electrons. The van der Waals surface area contributed by atoms with Crippen molar-refractivity contribution < 1.29 is 0 Å². The van der Waals surface area contributed by atoms with Crippen molar-refractivity contribution in [3.05, 3.63) is 32.9 Å². The smallest absolute Gasteiger partial charge is 0.0387 e. The fourth-order valence-corrected chi connectivity index (χ4v) is 1.94. The molecule has 0 bridgehead atoms. The van der Waals surface area contributed by atoms with E-state index in [1.54, 1.807) is 0 Å². The normalized spacial score (nSPS) is 16.1. The molecule has 0 saturated heterocycles. The molecule has 0 atom stereocenters. The van der Waals surface area contributed by atoms with E-state index in [1.807, 2.05) is 0 Å². The van der Waals surface area contributed by atoms with Gasteiger partial charge < -0.3 is 0 Å². The predicted molar refractivity (Wildman–Crippen MR) is 53.6 cm³/mol. The summed E-state index contributed by atoms with van der Waals surface area (Å²) in [5, 5.41) is 4.36. The zero-order valence-electron chi connectivity index (χ0n) is 6.18. The Morgan fingerprint density at radius 1 is 1.27 bits per heavy atom. The maximum atomic E-state index is 4.36. The van der Waals surface area contributed by atoms with Gasteiger partial charge in [0, 0.05) is 16.7 Å². The van der Waals surface area contributed by atoms with Crippen molar-refractivity contribution in [1.29, 1.82) is 0 Å². The van der Waals surface area contributed by atoms with Crippen LogP contribution in [0.1, 0.15) is 11.1 Å². The lowest BCUT2D eigenvalue weighted by molar-refractivity contribution is 0.630. The molecular formula is C9H9IN. The van der Waals surface area contributed by atoms with E-state index >= 15 is 0 Å². The summed E-state index contributed by atoms with van der Waals surface area (Å²) < 4.78 is 1.32. The molecule has 0 N–H and O–H groups in total. The van der Waals surface area contributed by atoms with E-state index in [1.165, 1.54) is 14.7 Å². The Morgan fingerprint density at radius 2 is 2.18 bits per heavy atom. The molecule has 0 amide bonds. The molecule has 11 heavy (non-hydrogen) atoms. The number of hydrogen-bond acceptors (Lipinski definition) is 0. The molecule has 1 aliphatic rings. The van der Waals surface area contributed by atoms with Crippen LogP contribution < -0.4 is 5.32 Å². The summed E-state index contributed by atoms with van der Waals surface area (Å²) in [6.45, 7) is 1.93. The lowest BCUT2D eigenvalue weighted by atomic mass is 10.0. The molecule has 1 radical (unpaired) electrons. The first-order valence-electron chi connectivity index (χ1n) is 3.77. The van der Waals surface area contributed by atoms with Crippen LogP contribution in [0.2, 0.25) is 0 Å². The lowest BCUT2D eigenvalue weighted by Gasteiger charge is -2.15. The average Bonchev–Trinajstić information content (AvgIpc) is 2.04. The quantitative estimate of drug-likeness (QED) is 0.631. The minimum Gasteiger partial charge on any atom is -0.237 e. The largest absolute Gasteiger partial charge is 0.237 e. The molecule has 0 aromatic heterocycles. The molecule has 1 heterocycles. The molecule has 2 rings (SSSR count). The zero-order chi connectivity index (χ0) is 7.68. The monoisotopic (exact) mass is 258 g/mol. The Hall–Kier alpha value is -0.0900. The van der Waals surface area contributed by atoms with E-state index in [4.69, 9.17) is 0 Å². The second-order valence-corrected chi connectivity index (χ2v) is 4.01. The van der Waals surface area contributed by atoms with E-state index in [0.29, 0.717) is 0 Å². The summed E-state index contributed by atoms with van der Waals surface area (Å²) in [6, 6.07) is 6.63. The van der Waals surface area contributed by atoms with E-state index in [2.05, 4.69) is 46.1 Å². The SMILES string of the molecule is Ic1ccc2c(c1)C[N]CC2. The van der Waals surface area contributed by atoms with Crippen molar-refractivity contribution in [1.82, 2.24) is 5.32 Å². The molecule has 1 aliphatic heterocycles. The van der Waals surface area contributed by atoms with E-state index in [-0.39, 0.29) is 0 Å². The molecule has 2 heteroatoms. The second kappa shape index (κ2) is 3.11. The van der Waals surface area contributed by atoms with Crippen molar-refractivity contribution in [3.8, 4) is 0 Å². The molecular weight excluding hydrogens is 249 g/mol. The van der Waals surface area contributed by atoms with Gasteiger partial charge >= 0.3 is 0 Å². The lowest BCUT2D eigenvalue weighted by Crippen LogP contribution is -2.17. The molecule has 0 fully saturated rings. The summed E-state index contributed by atoms with van der Waals surface area (Å²) in [6.07, 6.45) is 1.13. The van der Waals surface area contributed by atoms with Gasteiger partial charge in [-0.05, 0) is 52.3 Å². The van der Waals surface area contributed by atoms with Gasteiger partial charge in [0.25, 0.3) is 0 Å². The van der Waals surface area contributed by atoms with Gasteiger partial charge in [-0.15, -0.1) is 0 Å². The molecule has 0 saturated carbocycles. The van der Waals surface area contributed by atoms with E-state index < -0.39 is 0 Å². The third-order valence-electron chi connectivity index (χ3n) is 1.99. The van der Waals surface area contributed by atoms with Crippen LogP contribution in [0.25, 0.3) is 0 Å². The Morgan fingerprint density at radius 3 is 3.09 bits per heavy atom. The number of benzene rings is 1. The first kappa shape index (κ1) is 7.55. The summed E-state index contributed by atoms with van der Waals surface area (Å²) in [5.41, 5.74) is 2.91. The number of nitrogens with zero attached hydrogens (tertiary/aromatic N) is 1. The van der Waals surface area contributed by atoms with Crippen LogP contribution >= 0.6 is 22.6 Å². The molecule has 0 unspecified atom stereocenters. The van der Waals surface area contributed by atoms with Crippen LogP contribution in [0.5, 0.6) is 0 Å². The Kier molecular flexibility index (Phi) is 2.13. The van der Waals surface area contributed by atoms with Gasteiger partial charge in [0.1, 0.15) is 0 Å². The summed E-state index contributed by atoms with van der Waals surface area (Å²) in [5.74, 6) is 0. The maximum Gasteiger partial charge on any atom is 0.0387 e. The van der Waals surface area contributed by atoms with Crippen molar-refractivity contribution in [2.75, 3.05) is 6.54 Å². The fraction of sp³-hybridized carbons (Fsp3) is 0.333. The predicted octanol–water partition coefficient (Wildman–Crippen LogP) is 1.95. The van der Waals surface area contributed by atoms with Crippen LogP contribution in [0.4, 0.5) is 0 Å². The second-order valence-electron chi connectivity index (χ2n) is 2.77. The van der Waals surface area contributed by atoms with Gasteiger partial charge in [-0.3, -0.25) is 0 Å². The van der Waals surface area contributed by atoms with Gasteiger partial charge in [0.15, 0.2) is 0 Å². The first-order chi connectivity index (χ1) is 5.36. The number of hydrogen-bond donors (Lipinski definition) is 0. The molecule has 1 nitrogen and oxygen atoms in total. The van der Waals surface area contributed by atoms with Crippen molar-refractivity contribution in [3.63, 3.8) is 0 Å². The van der Waals surface area contributed by atoms with Crippen molar-refractivity contribution >= 4 is 22.6 Å². The maximum absolute atomic E-state index is 4.36. The van der Waals surface area contributed by atoms with Gasteiger partial charge in [-0.2, -0.15) is 0 Å². The zero-order valence-corrected chi connectivity index (χ0v) is 8.34. The highest BCUT2D eigenvalue weighted by Crippen LogP contribution is 2.17. The third kappa shape index (κ3) is 1.56. The van der Waals surface area contributed by atoms with Crippen LogP contribution in [-0.4, -0.2) is 6.54 Å². The fourth-order valence-electron chi connectivity index (χ4n) is 1.38. The summed E-state index contributed by atoms with van der Waals surface area (Å²) in [7, 11) is 0. The first-order valence-corrected chi connectivity index (χ1v) is 4.85. The Labute approximate surface area is 80.3 Å². The van der Waals surface area contributed by atoms with Gasteiger partial charge in [-0.1, -0.05) is 6.07 Å². The standard InChI is InChI=1S/C9H9IN/c10-9-2-1-7-3-4-11-6-8(7)5-9/h1-2,5H,3-4,6H2. The van der Waals surface area contributed by atoms with Crippen LogP contribution in [-0.2, 0) is 13.0 Å². The third-order valence-corrected chi connectivity index (χ3v) is 2.66. The van der Waals surface area contributed by atoms with E-state index in [0.717, 1.165) is 19.5 Å². The molecule has 0 spiro atoms. The highest BCUT2D eigenvalue weighted by Gasteiger charge is 2.08.